The highest BCUT2D eigenvalue weighted by Gasteiger charge is 2.21. The SMILES string of the molecule is C=C(C(=NN=C(N)N)c1ccccc1[N+](=O)[O-])c1ccc[nH]1.CC(=O)O. The Bertz CT molecular complexity index is 847. The lowest BCUT2D eigenvalue weighted by Crippen LogP contribution is -2.22. The van der Waals surface area contributed by atoms with E-state index in [-0.39, 0.29) is 22.9 Å². The van der Waals surface area contributed by atoms with E-state index in [4.69, 9.17) is 21.4 Å². The number of carboxylic acids is 1. The highest BCUT2D eigenvalue weighted by molar-refractivity contribution is 6.32. The normalized spacial score (nSPS) is 10.3. The number of hydrogen-bond acceptors (Lipinski definition) is 5. The molecule has 136 valence electrons. The van der Waals surface area contributed by atoms with E-state index in [1.54, 1.807) is 36.5 Å². The van der Waals surface area contributed by atoms with Crippen molar-refractivity contribution in [2.45, 2.75) is 6.92 Å². The van der Waals surface area contributed by atoms with Crippen molar-refractivity contribution >= 4 is 28.9 Å². The van der Waals surface area contributed by atoms with Crippen molar-refractivity contribution in [1.82, 2.24) is 4.98 Å². The minimum absolute atomic E-state index is 0.111. The molecule has 1 heterocycles. The number of rotatable bonds is 5. The molecule has 10 heteroatoms. The summed E-state index contributed by atoms with van der Waals surface area (Å²) in [5, 5.41) is 26.1. The maximum absolute atomic E-state index is 11.2. The molecule has 0 radical (unpaired) electrons. The number of carboxylic acid groups (broad SMARTS) is 1. The Hall–Kier alpha value is -3.95. The van der Waals surface area contributed by atoms with Crippen molar-refractivity contribution in [3.05, 3.63) is 70.5 Å². The number of guanidine groups is 1. The summed E-state index contributed by atoms with van der Waals surface area (Å²) in [4.78, 5) is 22.7. The fourth-order valence-corrected chi connectivity index (χ4v) is 1.86. The Labute approximate surface area is 148 Å². The van der Waals surface area contributed by atoms with Crippen molar-refractivity contribution in [2.24, 2.45) is 21.7 Å². The van der Waals surface area contributed by atoms with Crippen molar-refractivity contribution in [1.29, 1.82) is 0 Å². The average molecular weight is 358 g/mol. The predicted octanol–water partition coefficient (Wildman–Crippen LogP) is 1.70. The van der Waals surface area contributed by atoms with E-state index in [0.29, 0.717) is 11.3 Å². The van der Waals surface area contributed by atoms with Crippen molar-refractivity contribution in [2.75, 3.05) is 0 Å². The molecule has 0 atom stereocenters. The van der Waals surface area contributed by atoms with Crippen LogP contribution in [0.4, 0.5) is 5.69 Å². The summed E-state index contributed by atoms with van der Waals surface area (Å²) in [7, 11) is 0. The minimum Gasteiger partial charge on any atom is -0.481 e. The molecular formula is C16H18N6O4. The molecule has 1 aromatic heterocycles. The lowest BCUT2D eigenvalue weighted by Gasteiger charge is -2.08. The lowest BCUT2D eigenvalue weighted by atomic mass is 10.00. The zero-order valence-corrected chi connectivity index (χ0v) is 13.9. The second kappa shape index (κ2) is 9.37. The van der Waals surface area contributed by atoms with Gasteiger partial charge in [-0.15, -0.1) is 10.2 Å². The van der Waals surface area contributed by atoms with E-state index in [1.165, 1.54) is 6.07 Å². The topological polar surface area (TPSA) is 173 Å². The van der Waals surface area contributed by atoms with Crippen LogP contribution in [0.2, 0.25) is 0 Å². The Kier molecular flexibility index (Phi) is 7.24. The second-order valence-corrected chi connectivity index (χ2v) is 4.83. The zero-order chi connectivity index (χ0) is 19.7. The molecule has 6 N–H and O–H groups in total. The molecule has 0 spiro atoms. The maximum Gasteiger partial charge on any atom is 0.300 e. The van der Waals surface area contributed by atoms with Gasteiger partial charge in [-0.05, 0) is 18.2 Å². The first-order chi connectivity index (χ1) is 12.2. The number of nitro benzene ring substituents is 1. The van der Waals surface area contributed by atoms with Crippen LogP contribution in [-0.2, 0) is 4.79 Å². The highest BCUT2D eigenvalue weighted by Crippen LogP contribution is 2.25. The molecule has 0 aliphatic rings. The van der Waals surface area contributed by atoms with Crippen LogP contribution in [0.5, 0.6) is 0 Å². The van der Waals surface area contributed by atoms with Crippen LogP contribution in [0, 0.1) is 10.1 Å². The molecule has 1 aromatic carbocycles. The first kappa shape index (κ1) is 20.1. The first-order valence-electron chi connectivity index (χ1n) is 7.17. The monoisotopic (exact) mass is 358 g/mol. The molecule has 0 saturated carbocycles. The number of aromatic nitrogens is 1. The summed E-state index contributed by atoms with van der Waals surface area (Å²) in [6.45, 7) is 5.00. The van der Waals surface area contributed by atoms with Crippen LogP contribution in [-0.4, -0.2) is 32.7 Å². The quantitative estimate of drug-likeness (QED) is 0.274. The van der Waals surface area contributed by atoms with Crippen LogP contribution in [0.3, 0.4) is 0 Å². The first-order valence-corrected chi connectivity index (χ1v) is 7.17. The van der Waals surface area contributed by atoms with Gasteiger partial charge in [-0.3, -0.25) is 14.9 Å². The summed E-state index contributed by atoms with van der Waals surface area (Å²) in [6, 6.07) is 9.71. The number of carbonyl (C=O) groups is 1. The molecule has 2 rings (SSSR count). The van der Waals surface area contributed by atoms with Gasteiger partial charge in [0, 0.05) is 30.5 Å². The number of aromatic amines is 1. The van der Waals surface area contributed by atoms with Gasteiger partial charge in [-0.2, -0.15) is 0 Å². The number of nitro groups is 1. The highest BCUT2D eigenvalue weighted by atomic mass is 16.6. The van der Waals surface area contributed by atoms with Crippen LogP contribution < -0.4 is 11.5 Å². The number of nitrogens with zero attached hydrogens (tertiary/aromatic N) is 3. The van der Waals surface area contributed by atoms with E-state index in [2.05, 4.69) is 21.8 Å². The van der Waals surface area contributed by atoms with Gasteiger partial charge in [0.05, 0.1) is 10.5 Å². The number of allylic oxidation sites excluding steroid dienone is 1. The van der Waals surface area contributed by atoms with Crippen molar-refractivity contribution in [3.8, 4) is 0 Å². The molecule has 2 aromatic rings. The van der Waals surface area contributed by atoms with Gasteiger partial charge in [0.1, 0.15) is 5.71 Å². The molecule has 10 nitrogen and oxygen atoms in total. The molecule has 0 aliphatic carbocycles. The average Bonchev–Trinajstić information content (AvgIpc) is 3.08. The standard InChI is InChI=1S/C14H14N6O2.C2H4O2/c1-9(11-6-4-8-17-11)13(18-19-14(15)16)10-5-2-3-7-12(10)20(21)22;1-2(3)4/h2-8,17H,1H2,(H4,15,16,19);1H3,(H,3,4). The summed E-state index contributed by atoms with van der Waals surface area (Å²) >= 11 is 0. The van der Waals surface area contributed by atoms with Gasteiger partial charge >= 0.3 is 0 Å². The summed E-state index contributed by atoms with van der Waals surface area (Å²) < 4.78 is 0. The second-order valence-electron chi connectivity index (χ2n) is 4.83. The Morgan fingerprint density at radius 3 is 2.35 bits per heavy atom. The number of para-hydroxylation sites is 1. The zero-order valence-electron chi connectivity index (χ0n) is 13.9. The lowest BCUT2D eigenvalue weighted by molar-refractivity contribution is -0.385. The Morgan fingerprint density at radius 1 is 1.23 bits per heavy atom. The molecule has 0 bridgehead atoms. The summed E-state index contributed by atoms with van der Waals surface area (Å²) in [5.74, 6) is -1.09. The number of hydrogen-bond donors (Lipinski definition) is 4. The molecule has 0 fully saturated rings. The predicted molar refractivity (Wildman–Crippen MR) is 98.6 cm³/mol. The molecule has 26 heavy (non-hydrogen) atoms. The van der Waals surface area contributed by atoms with E-state index < -0.39 is 10.9 Å². The fraction of sp³-hybridized carbons (Fsp3) is 0.0625. The van der Waals surface area contributed by atoms with Gasteiger partial charge in [0.2, 0.25) is 5.96 Å². The smallest absolute Gasteiger partial charge is 0.300 e. The molecule has 0 saturated heterocycles. The largest absolute Gasteiger partial charge is 0.481 e. The minimum atomic E-state index is -0.833. The van der Waals surface area contributed by atoms with Crippen molar-refractivity contribution < 1.29 is 14.8 Å². The Balaban J connectivity index is 0.000000765. The fourth-order valence-electron chi connectivity index (χ4n) is 1.86. The molecule has 0 unspecified atom stereocenters. The van der Waals surface area contributed by atoms with Gasteiger partial charge in [0.15, 0.2) is 0 Å². The number of nitrogens with two attached hydrogens (primary N) is 2. The molecule has 0 amide bonds. The number of H-pyrrole nitrogens is 1. The number of nitrogens with one attached hydrogen (secondary N) is 1. The van der Waals surface area contributed by atoms with Crippen LogP contribution in [0.1, 0.15) is 18.2 Å². The number of benzene rings is 1. The van der Waals surface area contributed by atoms with E-state index in [0.717, 1.165) is 6.92 Å². The van der Waals surface area contributed by atoms with Crippen LogP contribution in [0.15, 0.2) is 59.4 Å². The maximum atomic E-state index is 11.2. The van der Waals surface area contributed by atoms with Gasteiger partial charge in [0.25, 0.3) is 11.7 Å². The van der Waals surface area contributed by atoms with Gasteiger partial charge in [-0.25, -0.2) is 0 Å². The summed E-state index contributed by atoms with van der Waals surface area (Å²) in [6.07, 6.45) is 1.71. The third-order valence-electron chi connectivity index (χ3n) is 2.83. The van der Waals surface area contributed by atoms with Crippen LogP contribution >= 0.6 is 0 Å². The van der Waals surface area contributed by atoms with Crippen LogP contribution in [0.25, 0.3) is 5.57 Å². The van der Waals surface area contributed by atoms with Gasteiger partial charge in [-0.1, -0.05) is 18.7 Å². The van der Waals surface area contributed by atoms with E-state index in [1.807, 2.05) is 0 Å². The van der Waals surface area contributed by atoms with E-state index >= 15 is 0 Å². The third-order valence-corrected chi connectivity index (χ3v) is 2.83. The Morgan fingerprint density at radius 2 is 1.85 bits per heavy atom. The van der Waals surface area contributed by atoms with Gasteiger partial charge < -0.3 is 21.6 Å². The van der Waals surface area contributed by atoms with Crippen molar-refractivity contribution in [3.63, 3.8) is 0 Å². The summed E-state index contributed by atoms with van der Waals surface area (Å²) in [5.41, 5.74) is 12.0. The third kappa shape index (κ3) is 5.92. The molecular weight excluding hydrogens is 340 g/mol. The molecule has 0 aliphatic heterocycles. The van der Waals surface area contributed by atoms with E-state index in [9.17, 15) is 10.1 Å². The number of aliphatic carboxylic acids is 1.